The van der Waals surface area contributed by atoms with E-state index < -0.39 is 12.5 Å². The van der Waals surface area contributed by atoms with Gasteiger partial charge >= 0.3 is 0 Å². The lowest BCUT2D eigenvalue weighted by Crippen LogP contribution is -2.48. The Hall–Kier alpha value is -0.660. The van der Waals surface area contributed by atoms with Crippen molar-refractivity contribution in [3.63, 3.8) is 0 Å². The number of alkyl halides is 2. The first-order valence-electron chi connectivity index (χ1n) is 4.87. The summed E-state index contributed by atoms with van der Waals surface area (Å²) in [5.41, 5.74) is 4.98. The van der Waals surface area contributed by atoms with Crippen molar-refractivity contribution in [3.8, 4) is 12.3 Å². The fourth-order valence-electron chi connectivity index (χ4n) is 1.73. The van der Waals surface area contributed by atoms with Crippen LogP contribution in [0.1, 0.15) is 19.3 Å². The molecule has 0 aliphatic carbocycles. The third kappa shape index (κ3) is 2.93. The number of halogens is 2. The highest BCUT2D eigenvalue weighted by atomic mass is 19.3. The number of rotatable bonds is 3. The molecule has 0 spiro atoms. The van der Waals surface area contributed by atoms with Gasteiger partial charge in [0.2, 0.25) is 0 Å². The molecule has 2 nitrogen and oxygen atoms in total. The molecule has 1 unspecified atom stereocenters. The van der Waals surface area contributed by atoms with E-state index in [9.17, 15) is 8.78 Å². The zero-order chi connectivity index (χ0) is 10.6. The number of hydrogen-bond donors (Lipinski definition) is 1. The van der Waals surface area contributed by atoms with Crippen LogP contribution in [0.15, 0.2) is 0 Å². The Balaban J connectivity index is 2.53. The molecule has 1 atom stereocenters. The molecule has 1 rings (SSSR count). The Morgan fingerprint density at radius 2 is 2.21 bits per heavy atom. The first kappa shape index (κ1) is 11.4. The highest BCUT2D eigenvalue weighted by Crippen LogP contribution is 2.21. The summed E-state index contributed by atoms with van der Waals surface area (Å²) in [5.74, 6) is -0.261. The maximum Gasteiger partial charge on any atom is 0.272 e. The second-order valence-electron chi connectivity index (χ2n) is 3.71. The average molecular weight is 202 g/mol. The maximum atomic E-state index is 13.0. The van der Waals surface area contributed by atoms with Gasteiger partial charge in [-0.25, -0.2) is 8.78 Å². The van der Waals surface area contributed by atoms with Gasteiger partial charge in [0.1, 0.15) is 0 Å². The van der Waals surface area contributed by atoms with E-state index in [1.165, 1.54) is 0 Å². The van der Waals surface area contributed by atoms with Crippen molar-refractivity contribution in [3.05, 3.63) is 0 Å². The molecule has 0 aromatic carbocycles. The predicted octanol–water partition coefficient (Wildman–Crippen LogP) is 1.07. The van der Waals surface area contributed by atoms with E-state index in [-0.39, 0.29) is 12.6 Å². The van der Waals surface area contributed by atoms with E-state index in [1.54, 1.807) is 4.90 Å². The number of nitrogens with zero attached hydrogens (tertiary/aromatic N) is 1. The van der Waals surface area contributed by atoms with Crippen LogP contribution in [-0.4, -0.2) is 36.5 Å². The van der Waals surface area contributed by atoms with Crippen molar-refractivity contribution < 1.29 is 8.78 Å². The summed E-state index contributed by atoms with van der Waals surface area (Å²) >= 11 is 0. The van der Waals surface area contributed by atoms with Crippen LogP contribution in [0.4, 0.5) is 8.78 Å². The van der Waals surface area contributed by atoms with Crippen molar-refractivity contribution in [1.29, 1.82) is 0 Å². The van der Waals surface area contributed by atoms with E-state index in [1.807, 2.05) is 0 Å². The molecular formula is C10H16F2N2. The zero-order valence-corrected chi connectivity index (χ0v) is 8.18. The fraction of sp³-hybridized carbons (Fsp3) is 0.800. The van der Waals surface area contributed by atoms with Crippen molar-refractivity contribution in [1.82, 2.24) is 4.90 Å². The predicted molar refractivity (Wildman–Crippen MR) is 52.0 cm³/mol. The summed E-state index contributed by atoms with van der Waals surface area (Å²) in [4.78, 5) is 1.66. The van der Waals surface area contributed by atoms with Crippen LogP contribution in [-0.2, 0) is 0 Å². The third-order valence-electron chi connectivity index (χ3n) is 2.54. The lowest BCUT2D eigenvalue weighted by Gasteiger charge is -2.34. The van der Waals surface area contributed by atoms with Gasteiger partial charge in [-0.15, -0.1) is 6.42 Å². The van der Waals surface area contributed by atoms with Crippen LogP contribution < -0.4 is 5.73 Å². The molecule has 1 aliphatic rings. The van der Waals surface area contributed by atoms with E-state index in [0.717, 1.165) is 19.3 Å². The lowest BCUT2D eigenvalue weighted by atomic mass is 10.0. The minimum Gasteiger partial charge on any atom is -0.325 e. The zero-order valence-electron chi connectivity index (χ0n) is 8.18. The summed E-state index contributed by atoms with van der Waals surface area (Å²) in [6.45, 7) is -0.260. The number of terminal acetylenes is 1. The van der Waals surface area contributed by atoms with Crippen LogP contribution in [0.5, 0.6) is 0 Å². The minimum absolute atomic E-state index is 0.138. The first-order chi connectivity index (χ1) is 6.59. The highest BCUT2D eigenvalue weighted by molar-refractivity contribution is 5.02. The molecule has 0 bridgehead atoms. The second-order valence-corrected chi connectivity index (χ2v) is 3.71. The standard InChI is InChI=1S/C10H16F2N2/c1-2-9-5-3-4-6-14(9)8-10(11,12)7-13/h1,9H,3-8,13H2. The number of piperidine rings is 1. The summed E-state index contributed by atoms with van der Waals surface area (Å²) in [6, 6.07) is -0.138. The van der Waals surface area contributed by atoms with Gasteiger partial charge in [-0.3, -0.25) is 4.90 Å². The van der Waals surface area contributed by atoms with Gasteiger partial charge in [-0.1, -0.05) is 5.92 Å². The lowest BCUT2D eigenvalue weighted by molar-refractivity contribution is -0.0342. The summed E-state index contributed by atoms with van der Waals surface area (Å²) in [5, 5.41) is 0. The molecule has 14 heavy (non-hydrogen) atoms. The van der Waals surface area contributed by atoms with Crippen LogP contribution >= 0.6 is 0 Å². The topological polar surface area (TPSA) is 29.3 Å². The van der Waals surface area contributed by atoms with Gasteiger partial charge < -0.3 is 5.73 Å². The smallest absolute Gasteiger partial charge is 0.272 e. The van der Waals surface area contributed by atoms with Gasteiger partial charge in [0.15, 0.2) is 0 Å². The Morgan fingerprint density at radius 1 is 1.50 bits per heavy atom. The van der Waals surface area contributed by atoms with Gasteiger partial charge in [0, 0.05) is 0 Å². The van der Waals surface area contributed by atoms with Crippen LogP contribution in [0, 0.1) is 12.3 Å². The normalized spacial score (nSPS) is 24.6. The van der Waals surface area contributed by atoms with Crippen molar-refractivity contribution >= 4 is 0 Å². The number of hydrogen-bond acceptors (Lipinski definition) is 2. The quantitative estimate of drug-likeness (QED) is 0.694. The van der Waals surface area contributed by atoms with Gasteiger partial charge in [0.05, 0.1) is 19.1 Å². The summed E-state index contributed by atoms with van der Waals surface area (Å²) in [7, 11) is 0. The van der Waals surface area contributed by atoms with Gasteiger partial charge in [-0.05, 0) is 25.8 Å². The van der Waals surface area contributed by atoms with Gasteiger partial charge in [-0.2, -0.15) is 0 Å². The largest absolute Gasteiger partial charge is 0.325 e. The van der Waals surface area contributed by atoms with E-state index >= 15 is 0 Å². The molecule has 1 aliphatic heterocycles. The molecule has 0 radical (unpaired) electrons. The average Bonchev–Trinajstić information content (AvgIpc) is 2.18. The fourth-order valence-corrected chi connectivity index (χ4v) is 1.73. The van der Waals surface area contributed by atoms with Crippen molar-refractivity contribution in [2.75, 3.05) is 19.6 Å². The molecule has 1 saturated heterocycles. The number of likely N-dealkylation sites (tertiary alicyclic amines) is 1. The van der Waals surface area contributed by atoms with E-state index in [4.69, 9.17) is 12.2 Å². The summed E-state index contributed by atoms with van der Waals surface area (Å²) in [6.07, 6.45) is 8.07. The minimum atomic E-state index is -2.81. The first-order valence-corrected chi connectivity index (χ1v) is 4.87. The van der Waals surface area contributed by atoms with Crippen LogP contribution in [0.2, 0.25) is 0 Å². The molecule has 80 valence electrons. The van der Waals surface area contributed by atoms with E-state index in [2.05, 4.69) is 5.92 Å². The van der Waals surface area contributed by atoms with Crippen LogP contribution in [0.3, 0.4) is 0 Å². The molecule has 0 amide bonds. The molecule has 0 aromatic heterocycles. The molecule has 0 aromatic rings. The Morgan fingerprint density at radius 3 is 2.79 bits per heavy atom. The van der Waals surface area contributed by atoms with Crippen molar-refractivity contribution in [2.24, 2.45) is 5.73 Å². The van der Waals surface area contributed by atoms with Gasteiger partial charge in [0.25, 0.3) is 5.92 Å². The Bertz CT molecular complexity index is 223. The van der Waals surface area contributed by atoms with Crippen molar-refractivity contribution in [2.45, 2.75) is 31.2 Å². The molecule has 1 heterocycles. The number of nitrogens with two attached hydrogens (primary N) is 1. The van der Waals surface area contributed by atoms with Crippen LogP contribution in [0.25, 0.3) is 0 Å². The SMILES string of the molecule is C#CC1CCCCN1CC(F)(F)CN. The molecule has 4 heteroatoms. The highest BCUT2D eigenvalue weighted by Gasteiger charge is 2.33. The maximum absolute atomic E-state index is 13.0. The molecular weight excluding hydrogens is 186 g/mol. The monoisotopic (exact) mass is 202 g/mol. The Labute approximate surface area is 83.4 Å². The van der Waals surface area contributed by atoms with E-state index in [0.29, 0.717) is 6.54 Å². The molecule has 2 N–H and O–H groups in total. The second kappa shape index (κ2) is 4.72. The Kier molecular flexibility index (Phi) is 3.85. The third-order valence-corrected chi connectivity index (χ3v) is 2.54. The summed E-state index contributed by atoms with van der Waals surface area (Å²) < 4.78 is 26.0. The molecule has 1 fully saturated rings. The molecule has 0 saturated carbocycles.